The van der Waals surface area contributed by atoms with Crippen LogP contribution in [0.5, 0.6) is 0 Å². The summed E-state index contributed by atoms with van der Waals surface area (Å²) in [6.45, 7) is 4.18. The number of aryl methyl sites for hydroxylation is 1. The summed E-state index contributed by atoms with van der Waals surface area (Å²) in [5.74, 6) is 0.784. The van der Waals surface area contributed by atoms with Crippen molar-refractivity contribution in [3.8, 4) is 0 Å². The zero-order valence-corrected chi connectivity index (χ0v) is 13.4. The van der Waals surface area contributed by atoms with Gasteiger partial charge in [-0.25, -0.2) is 15.0 Å². The van der Waals surface area contributed by atoms with E-state index in [0.29, 0.717) is 0 Å². The lowest BCUT2D eigenvalue weighted by molar-refractivity contribution is 0.738. The molecule has 0 fully saturated rings. The molecular weight excluding hydrogens is 312 g/mol. The zero-order valence-electron chi connectivity index (χ0n) is 11.1. The van der Waals surface area contributed by atoms with E-state index in [0.717, 1.165) is 27.5 Å². The second-order valence-corrected chi connectivity index (χ2v) is 6.89. The van der Waals surface area contributed by atoms with Gasteiger partial charge >= 0.3 is 0 Å². The van der Waals surface area contributed by atoms with Crippen molar-refractivity contribution in [3.63, 3.8) is 0 Å². The van der Waals surface area contributed by atoms with Gasteiger partial charge in [-0.1, -0.05) is 6.92 Å². The lowest BCUT2D eigenvalue weighted by Crippen LogP contribution is -2.11. The number of thiazole rings is 1. The van der Waals surface area contributed by atoms with Crippen molar-refractivity contribution >= 4 is 50.3 Å². The fourth-order valence-corrected chi connectivity index (χ4v) is 3.91. The van der Waals surface area contributed by atoms with E-state index < -0.39 is 0 Å². The van der Waals surface area contributed by atoms with Crippen LogP contribution in [0.1, 0.15) is 29.3 Å². The van der Waals surface area contributed by atoms with Gasteiger partial charge in [0.15, 0.2) is 0 Å². The van der Waals surface area contributed by atoms with Crippen LogP contribution in [0.4, 0.5) is 5.82 Å². The average molecular weight is 325 g/mol. The molecule has 0 amide bonds. The molecule has 104 valence electrons. The maximum atomic E-state index is 6.02. The standard InChI is InChI=1S/C13H13ClN4S2/c1-3-9(12-15-4-5-19-12)16-10-8-6-7(2)20-11(8)18-13(14)17-10/h4-6,9H,3H2,1-2H3,(H,16,17,18). The molecule has 0 aliphatic rings. The van der Waals surface area contributed by atoms with Gasteiger partial charge in [-0.15, -0.1) is 22.7 Å². The normalized spacial score (nSPS) is 12.8. The van der Waals surface area contributed by atoms with Gasteiger partial charge in [-0.05, 0) is 31.0 Å². The number of fused-ring (bicyclic) bond motifs is 1. The Morgan fingerprint density at radius 3 is 2.95 bits per heavy atom. The third-order valence-corrected chi connectivity index (χ3v) is 4.96. The largest absolute Gasteiger partial charge is 0.360 e. The molecule has 0 aliphatic carbocycles. The second-order valence-electron chi connectivity index (χ2n) is 4.39. The number of hydrogen-bond donors (Lipinski definition) is 1. The minimum Gasteiger partial charge on any atom is -0.360 e. The molecule has 1 atom stereocenters. The van der Waals surface area contributed by atoms with E-state index >= 15 is 0 Å². The molecule has 1 unspecified atom stereocenters. The first-order chi connectivity index (χ1) is 9.67. The van der Waals surface area contributed by atoms with E-state index in [1.165, 1.54) is 4.88 Å². The first-order valence-electron chi connectivity index (χ1n) is 6.27. The van der Waals surface area contributed by atoms with Crippen LogP contribution in [0.3, 0.4) is 0 Å². The van der Waals surface area contributed by atoms with E-state index in [-0.39, 0.29) is 11.3 Å². The molecule has 3 heterocycles. The van der Waals surface area contributed by atoms with E-state index in [1.807, 2.05) is 11.6 Å². The highest BCUT2D eigenvalue weighted by atomic mass is 35.5. The second kappa shape index (κ2) is 5.63. The van der Waals surface area contributed by atoms with Crippen LogP contribution in [-0.2, 0) is 0 Å². The SMILES string of the molecule is CCC(Nc1nc(Cl)nc2sc(C)cc12)c1nccs1. The maximum Gasteiger partial charge on any atom is 0.225 e. The Hall–Kier alpha value is -1.24. The predicted octanol–water partition coefficient (Wildman–Crippen LogP) is 4.67. The Balaban J connectivity index is 2.01. The molecule has 0 saturated heterocycles. The van der Waals surface area contributed by atoms with Gasteiger partial charge in [0.2, 0.25) is 5.28 Å². The van der Waals surface area contributed by atoms with Crippen LogP contribution in [0.15, 0.2) is 17.6 Å². The summed E-state index contributed by atoms with van der Waals surface area (Å²) in [5, 5.41) is 7.78. The number of anilines is 1. The minimum atomic E-state index is 0.143. The fourth-order valence-electron chi connectivity index (χ4n) is 2.04. The Morgan fingerprint density at radius 2 is 2.25 bits per heavy atom. The molecule has 3 aromatic rings. The van der Waals surface area contributed by atoms with E-state index in [2.05, 4.69) is 40.2 Å². The summed E-state index contributed by atoms with van der Waals surface area (Å²) in [6.07, 6.45) is 2.75. The lowest BCUT2D eigenvalue weighted by atomic mass is 10.2. The van der Waals surface area contributed by atoms with Gasteiger partial charge < -0.3 is 5.32 Å². The Kier molecular flexibility index (Phi) is 3.87. The molecule has 3 rings (SSSR count). The van der Waals surface area contributed by atoms with Crippen LogP contribution < -0.4 is 5.32 Å². The number of thiophene rings is 1. The van der Waals surface area contributed by atoms with Crippen molar-refractivity contribution in [2.75, 3.05) is 5.32 Å². The van der Waals surface area contributed by atoms with Gasteiger partial charge in [0.25, 0.3) is 0 Å². The predicted molar refractivity (Wildman–Crippen MR) is 85.9 cm³/mol. The third-order valence-electron chi connectivity index (χ3n) is 2.96. The van der Waals surface area contributed by atoms with Gasteiger partial charge in [-0.3, -0.25) is 0 Å². The summed E-state index contributed by atoms with van der Waals surface area (Å²) in [4.78, 5) is 15.1. The summed E-state index contributed by atoms with van der Waals surface area (Å²) in [5.41, 5.74) is 0. The first kappa shape index (κ1) is 13.7. The van der Waals surface area contributed by atoms with Crippen molar-refractivity contribution < 1.29 is 0 Å². The molecule has 20 heavy (non-hydrogen) atoms. The first-order valence-corrected chi connectivity index (χ1v) is 8.34. The van der Waals surface area contributed by atoms with Crippen molar-refractivity contribution in [2.24, 2.45) is 0 Å². The van der Waals surface area contributed by atoms with Crippen molar-refractivity contribution in [1.29, 1.82) is 0 Å². The highest BCUT2D eigenvalue weighted by molar-refractivity contribution is 7.18. The number of rotatable bonds is 4. The Labute approximate surface area is 129 Å². The van der Waals surface area contributed by atoms with Crippen LogP contribution in [0.2, 0.25) is 5.28 Å². The Morgan fingerprint density at radius 1 is 1.40 bits per heavy atom. The Bertz CT molecular complexity index is 723. The topological polar surface area (TPSA) is 50.7 Å². The van der Waals surface area contributed by atoms with Crippen molar-refractivity contribution in [3.05, 3.63) is 32.8 Å². The molecule has 0 aliphatic heterocycles. The van der Waals surface area contributed by atoms with Gasteiger partial charge in [0.1, 0.15) is 15.7 Å². The molecule has 1 N–H and O–H groups in total. The molecule has 0 radical (unpaired) electrons. The van der Waals surface area contributed by atoms with Crippen molar-refractivity contribution in [2.45, 2.75) is 26.3 Å². The minimum absolute atomic E-state index is 0.143. The van der Waals surface area contributed by atoms with Gasteiger partial charge in [0, 0.05) is 16.5 Å². The fraction of sp³-hybridized carbons (Fsp3) is 0.308. The molecule has 0 aromatic carbocycles. The molecule has 0 bridgehead atoms. The highest BCUT2D eigenvalue weighted by Gasteiger charge is 2.16. The summed E-state index contributed by atoms with van der Waals surface area (Å²) in [6, 6.07) is 2.23. The van der Waals surface area contributed by atoms with Crippen LogP contribution in [0.25, 0.3) is 10.2 Å². The van der Waals surface area contributed by atoms with Crippen LogP contribution in [0, 0.1) is 6.92 Å². The molecule has 4 nitrogen and oxygen atoms in total. The number of hydrogen-bond acceptors (Lipinski definition) is 6. The molecule has 0 saturated carbocycles. The highest BCUT2D eigenvalue weighted by Crippen LogP contribution is 2.32. The third kappa shape index (κ3) is 2.63. The smallest absolute Gasteiger partial charge is 0.225 e. The lowest BCUT2D eigenvalue weighted by Gasteiger charge is -2.15. The van der Waals surface area contributed by atoms with E-state index in [9.17, 15) is 0 Å². The van der Waals surface area contributed by atoms with Gasteiger partial charge in [-0.2, -0.15) is 0 Å². The molecule has 3 aromatic heterocycles. The number of nitrogens with one attached hydrogen (secondary N) is 1. The molecular formula is C13H13ClN4S2. The molecule has 0 spiro atoms. The summed E-state index contributed by atoms with van der Waals surface area (Å²) >= 11 is 9.28. The average Bonchev–Trinajstić information content (AvgIpc) is 3.04. The van der Waals surface area contributed by atoms with Crippen molar-refractivity contribution in [1.82, 2.24) is 15.0 Å². The van der Waals surface area contributed by atoms with Crippen LogP contribution in [-0.4, -0.2) is 15.0 Å². The maximum absolute atomic E-state index is 6.02. The van der Waals surface area contributed by atoms with Crippen LogP contribution >= 0.6 is 34.3 Å². The summed E-state index contributed by atoms with van der Waals surface area (Å²) < 4.78 is 0. The zero-order chi connectivity index (χ0) is 14.1. The quantitative estimate of drug-likeness (QED) is 0.708. The number of nitrogens with zero attached hydrogens (tertiary/aromatic N) is 3. The monoisotopic (exact) mass is 324 g/mol. The number of halogens is 1. The summed E-state index contributed by atoms with van der Waals surface area (Å²) in [7, 11) is 0. The van der Waals surface area contributed by atoms with Gasteiger partial charge in [0.05, 0.1) is 11.4 Å². The molecule has 7 heteroatoms. The number of aromatic nitrogens is 3. The van der Waals surface area contributed by atoms with E-state index in [4.69, 9.17) is 11.6 Å². The van der Waals surface area contributed by atoms with E-state index in [1.54, 1.807) is 22.7 Å².